The molecule has 0 saturated carbocycles. The quantitative estimate of drug-likeness (QED) is 0.269. The second-order valence-electron chi connectivity index (χ2n) is 7.94. The van der Waals surface area contributed by atoms with Gasteiger partial charge in [0, 0.05) is 38.1 Å². The lowest BCUT2D eigenvalue weighted by Gasteiger charge is -2.29. The van der Waals surface area contributed by atoms with Gasteiger partial charge < -0.3 is 20.1 Å². The maximum atomic E-state index is 5.47. The van der Waals surface area contributed by atoms with E-state index in [0.29, 0.717) is 12.5 Å². The van der Waals surface area contributed by atoms with Crippen molar-refractivity contribution in [2.45, 2.75) is 46.2 Å². The van der Waals surface area contributed by atoms with Crippen LogP contribution < -0.4 is 20.1 Å². The van der Waals surface area contributed by atoms with Crippen molar-refractivity contribution in [2.75, 3.05) is 40.4 Å². The molecule has 2 heterocycles. The number of hydrogen-bond donors (Lipinski definition) is 2. The van der Waals surface area contributed by atoms with Gasteiger partial charge in [-0.05, 0) is 42.5 Å². The fourth-order valence-corrected chi connectivity index (χ4v) is 4.50. The molecule has 1 aliphatic heterocycles. The highest BCUT2D eigenvalue weighted by Gasteiger charge is 2.19. The average Bonchev–Trinajstić information content (AvgIpc) is 3.26. The lowest BCUT2D eigenvalue weighted by molar-refractivity contribution is 0.256. The first-order valence-electron chi connectivity index (χ1n) is 11.0. The normalized spacial score (nSPS) is 14.0. The summed E-state index contributed by atoms with van der Waals surface area (Å²) in [6, 6.07) is 4.22. The van der Waals surface area contributed by atoms with Gasteiger partial charge in [-0.1, -0.05) is 13.8 Å². The van der Waals surface area contributed by atoms with E-state index in [2.05, 4.69) is 58.8 Å². The van der Waals surface area contributed by atoms with Crippen LogP contribution in [-0.4, -0.2) is 56.2 Å². The Morgan fingerprint density at radius 1 is 1.19 bits per heavy atom. The van der Waals surface area contributed by atoms with E-state index in [0.717, 1.165) is 67.3 Å². The number of benzene rings is 1. The average molecular weight is 574 g/mol. The predicted octanol–water partition coefficient (Wildman–Crippen LogP) is 4.02. The topological polar surface area (TPSA) is 71.0 Å². The predicted molar refractivity (Wildman–Crippen MR) is 143 cm³/mol. The Balaban J connectivity index is 0.00000363. The number of aliphatic imine (C=N–C) groups is 1. The first kappa shape index (κ1) is 26.7. The number of thiazole rings is 1. The first-order valence-corrected chi connectivity index (χ1v) is 11.8. The van der Waals surface area contributed by atoms with Gasteiger partial charge in [0.25, 0.3) is 0 Å². The van der Waals surface area contributed by atoms with Crippen LogP contribution in [0.1, 0.15) is 48.5 Å². The van der Waals surface area contributed by atoms with E-state index >= 15 is 0 Å². The SMILES string of the molecule is CCNC(=NCc1nc(C(C)C)cs1)NCCN1CCc2cc(OC)c(OC)cc2C1.I. The highest BCUT2D eigenvalue weighted by Crippen LogP contribution is 2.33. The summed E-state index contributed by atoms with van der Waals surface area (Å²) >= 11 is 1.68. The number of fused-ring (bicyclic) bond motifs is 1. The van der Waals surface area contributed by atoms with E-state index in [9.17, 15) is 0 Å². The summed E-state index contributed by atoms with van der Waals surface area (Å²) in [5.41, 5.74) is 3.81. The van der Waals surface area contributed by atoms with Crippen molar-refractivity contribution in [1.29, 1.82) is 0 Å². The van der Waals surface area contributed by atoms with Gasteiger partial charge in [0.15, 0.2) is 17.5 Å². The summed E-state index contributed by atoms with van der Waals surface area (Å²) in [6.45, 7) is 11.6. The number of nitrogens with one attached hydrogen (secondary N) is 2. The van der Waals surface area contributed by atoms with Crippen LogP contribution in [0.2, 0.25) is 0 Å². The van der Waals surface area contributed by atoms with Crippen LogP contribution >= 0.6 is 35.3 Å². The zero-order valence-electron chi connectivity index (χ0n) is 19.7. The van der Waals surface area contributed by atoms with Crippen LogP contribution in [0.15, 0.2) is 22.5 Å². The maximum absolute atomic E-state index is 5.47. The Bertz CT molecular complexity index is 887. The maximum Gasteiger partial charge on any atom is 0.191 e. The van der Waals surface area contributed by atoms with Crippen molar-refractivity contribution in [2.24, 2.45) is 4.99 Å². The number of nitrogens with zero attached hydrogens (tertiary/aromatic N) is 3. The van der Waals surface area contributed by atoms with Crippen LogP contribution in [0.3, 0.4) is 0 Å². The molecule has 32 heavy (non-hydrogen) atoms. The largest absolute Gasteiger partial charge is 0.493 e. The number of ether oxygens (including phenoxy) is 2. The molecule has 0 atom stereocenters. The van der Waals surface area contributed by atoms with Crippen molar-refractivity contribution in [3.8, 4) is 11.5 Å². The van der Waals surface area contributed by atoms with E-state index in [4.69, 9.17) is 14.5 Å². The summed E-state index contributed by atoms with van der Waals surface area (Å²) in [4.78, 5) is 11.8. The Morgan fingerprint density at radius 2 is 1.91 bits per heavy atom. The molecule has 0 radical (unpaired) electrons. The van der Waals surface area contributed by atoms with Crippen molar-refractivity contribution >= 4 is 41.3 Å². The minimum absolute atomic E-state index is 0. The molecule has 9 heteroatoms. The van der Waals surface area contributed by atoms with Crippen LogP contribution in [0.4, 0.5) is 0 Å². The van der Waals surface area contributed by atoms with Crippen LogP contribution in [0.5, 0.6) is 11.5 Å². The number of halogens is 1. The van der Waals surface area contributed by atoms with Gasteiger partial charge in [0.1, 0.15) is 5.01 Å². The zero-order chi connectivity index (χ0) is 22.2. The fourth-order valence-electron chi connectivity index (χ4n) is 3.62. The van der Waals surface area contributed by atoms with Crippen LogP contribution in [0.25, 0.3) is 0 Å². The van der Waals surface area contributed by atoms with E-state index in [-0.39, 0.29) is 24.0 Å². The summed E-state index contributed by atoms with van der Waals surface area (Å²) < 4.78 is 10.9. The number of hydrogen-bond acceptors (Lipinski definition) is 6. The smallest absolute Gasteiger partial charge is 0.191 e. The van der Waals surface area contributed by atoms with Crippen molar-refractivity contribution in [1.82, 2.24) is 20.5 Å². The van der Waals surface area contributed by atoms with Gasteiger partial charge in [0.05, 0.1) is 26.5 Å². The number of aromatic nitrogens is 1. The highest BCUT2D eigenvalue weighted by molar-refractivity contribution is 14.0. The number of guanidine groups is 1. The van der Waals surface area contributed by atoms with Crippen LogP contribution in [0, 0.1) is 0 Å². The summed E-state index contributed by atoms with van der Waals surface area (Å²) in [7, 11) is 3.37. The van der Waals surface area contributed by atoms with E-state index in [1.165, 1.54) is 11.1 Å². The van der Waals surface area contributed by atoms with Crippen molar-refractivity contribution in [3.63, 3.8) is 0 Å². The Morgan fingerprint density at radius 3 is 2.53 bits per heavy atom. The van der Waals surface area contributed by atoms with Gasteiger partial charge in [-0.2, -0.15) is 0 Å². The minimum Gasteiger partial charge on any atom is -0.493 e. The Kier molecular flexibility index (Phi) is 11.0. The molecule has 0 bridgehead atoms. The van der Waals surface area contributed by atoms with Gasteiger partial charge in [-0.25, -0.2) is 9.98 Å². The standard InChI is InChI=1S/C23H35N5O2S.HI/c1-6-24-23(26-13-22-27-19(15-31-22)16(2)3)25-8-10-28-9-7-17-11-20(29-4)21(30-5)12-18(17)14-28;/h11-12,15-16H,6-10,13-14H2,1-5H3,(H2,24,25,26);1H. The minimum atomic E-state index is 0. The second-order valence-corrected chi connectivity index (χ2v) is 8.89. The molecule has 1 aromatic carbocycles. The number of rotatable bonds is 9. The molecule has 0 spiro atoms. The zero-order valence-corrected chi connectivity index (χ0v) is 22.9. The molecule has 2 N–H and O–H groups in total. The molecule has 0 amide bonds. The molecule has 178 valence electrons. The molecule has 0 aliphatic carbocycles. The molecular formula is C23H36IN5O2S. The van der Waals surface area contributed by atoms with E-state index < -0.39 is 0 Å². The molecule has 2 aromatic rings. The lowest BCUT2D eigenvalue weighted by atomic mass is 9.99. The Hall–Kier alpha value is -1.59. The third kappa shape index (κ3) is 7.21. The first-order chi connectivity index (χ1) is 15.0. The molecule has 1 aliphatic rings. The van der Waals surface area contributed by atoms with Crippen molar-refractivity contribution in [3.05, 3.63) is 39.3 Å². The van der Waals surface area contributed by atoms with E-state index in [1.54, 1.807) is 25.6 Å². The van der Waals surface area contributed by atoms with Crippen molar-refractivity contribution < 1.29 is 9.47 Å². The van der Waals surface area contributed by atoms with Gasteiger partial charge in [-0.3, -0.25) is 4.90 Å². The molecule has 0 unspecified atom stereocenters. The third-order valence-electron chi connectivity index (χ3n) is 5.40. The number of methoxy groups -OCH3 is 2. The molecule has 7 nitrogen and oxygen atoms in total. The van der Waals surface area contributed by atoms with Crippen LogP contribution in [-0.2, 0) is 19.5 Å². The molecule has 1 aromatic heterocycles. The van der Waals surface area contributed by atoms with Gasteiger partial charge >= 0.3 is 0 Å². The molecule has 3 rings (SSSR count). The molecule has 0 saturated heterocycles. The summed E-state index contributed by atoms with van der Waals surface area (Å²) in [6.07, 6.45) is 1.02. The summed E-state index contributed by atoms with van der Waals surface area (Å²) in [5.74, 6) is 2.90. The molecular weight excluding hydrogens is 537 g/mol. The Labute approximate surface area is 213 Å². The molecule has 0 fully saturated rings. The lowest BCUT2D eigenvalue weighted by Crippen LogP contribution is -2.42. The van der Waals surface area contributed by atoms with Gasteiger partial charge in [0.2, 0.25) is 0 Å². The summed E-state index contributed by atoms with van der Waals surface area (Å²) in [5, 5.41) is 9.98. The third-order valence-corrected chi connectivity index (χ3v) is 6.25. The fraction of sp³-hybridized carbons (Fsp3) is 0.565. The highest BCUT2D eigenvalue weighted by atomic mass is 127. The monoisotopic (exact) mass is 573 g/mol. The second kappa shape index (κ2) is 13.2. The van der Waals surface area contributed by atoms with E-state index in [1.807, 2.05) is 0 Å². The van der Waals surface area contributed by atoms with Gasteiger partial charge in [-0.15, -0.1) is 35.3 Å².